The van der Waals surface area contributed by atoms with E-state index in [1.807, 2.05) is 0 Å². The molecule has 1 saturated heterocycles. The summed E-state index contributed by atoms with van der Waals surface area (Å²) < 4.78 is 0. The van der Waals surface area contributed by atoms with E-state index in [0.717, 1.165) is 25.6 Å². The Labute approximate surface area is 83.4 Å². The van der Waals surface area contributed by atoms with Crippen molar-refractivity contribution in [2.45, 2.75) is 6.04 Å². The molecule has 0 bridgehead atoms. The smallest absolute Gasteiger partial charge is 0.194 e. The van der Waals surface area contributed by atoms with Crippen molar-refractivity contribution in [1.82, 2.24) is 10.2 Å². The lowest BCUT2D eigenvalue weighted by atomic mass is 10.1. The summed E-state index contributed by atoms with van der Waals surface area (Å²) in [5.41, 5.74) is 1.37. The molecule has 0 radical (unpaired) electrons. The average Bonchev–Trinajstić information content (AvgIpc) is 2.79. The van der Waals surface area contributed by atoms with E-state index in [4.69, 9.17) is 0 Å². The normalized spacial score (nSPS) is 24.4. The van der Waals surface area contributed by atoms with Crippen molar-refractivity contribution in [2.24, 2.45) is 4.99 Å². The van der Waals surface area contributed by atoms with Gasteiger partial charge in [-0.05, 0) is 5.56 Å². The summed E-state index contributed by atoms with van der Waals surface area (Å²) in [5, 5.41) is 3.29. The van der Waals surface area contributed by atoms with Crippen LogP contribution in [-0.4, -0.2) is 30.5 Å². The van der Waals surface area contributed by atoms with Crippen LogP contribution in [0.15, 0.2) is 35.3 Å². The maximum absolute atomic E-state index is 4.49. The molecule has 1 atom stereocenters. The zero-order valence-electron chi connectivity index (χ0n) is 7.98. The number of benzene rings is 1. The number of hydrogen-bond acceptors (Lipinski definition) is 3. The van der Waals surface area contributed by atoms with Crippen molar-refractivity contribution in [3.05, 3.63) is 35.9 Å². The summed E-state index contributed by atoms with van der Waals surface area (Å²) in [6.07, 6.45) is 0. The third-order valence-electron chi connectivity index (χ3n) is 2.88. The minimum atomic E-state index is 0.459. The number of hydrogen-bond donors (Lipinski definition) is 1. The number of nitrogens with one attached hydrogen (secondary N) is 1. The number of aliphatic imine (C=N–C) groups is 1. The Morgan fingerprint density at radius 3 is 3.00 bits per heavy atom. The fourth-order valence-electron chi connectivity index (χ4n) is 2.18. The van der Waals surface area contributed by atoms with Gasteiger partial charge in [0.25, 0.3) is 0 Å². The third-order valence-corrected chi connectivity index (χ3v) is 2.88. The van der Waals surface area contributed by atoms with Crippen LogP contribution in [0.4, 0.5) is 0 Å². The topological polar surface area (TPSA) is 27.6 Å². The second-order valence-corrected chi connectivity index (χ2v) is 3.71. The number of nitrogens with zero attached hydrogens (tertiary/aromatic N) is 2. The molecule has 0 aromatic heterocycles. The molecule has 0 amide bonds. The van der Waals surface area contributed by atoms with Gasteiger partial charge in [-0.15, -0.1) is 0 Å². The zero-order chi connectivity index (χ0) is 9.38. The standard InChI is InChI=1S/C11H13N3/c1-2-4-9(5-3-1)10-8-13-11-12-6-7-14(10)11/h1-5,10H,6-8H2,(H,12,13)/t10-/m0/s1. The molecule has 3 rings (SSSR count). The van der Waals surface area contributed by atoms with Gasteiger partial charge in [-0.3, -0.25) is 4.99 Å². The van der Waals surface area contributed by atoms with Gasteiger partial charge in [0.2, 0.25) is 0 Å². The lowest BCUT2D eigenvalue weighted by Crippen LogP contribution is -2.28. The van der Waals surface area contributed by atoms with Crippen LogP contribution in [0.5, 0.6) is 0 Å². The molecular formula is C11H13N3. The van der Waals surface area contributed by atoms with Gasteiger partial charge in [0.15, 0.2) is 5.96 Å². The van der Waals surface area contributed by atoms with Gasteiger partial charge in [0.05, 0.1) is 12.6 Å². The summed E-state index contributed by atoms with van der Waals surface area (Å²) in [5.74, 6) is 1.08. The highest BCUT2D eigenvalue weighted by Gasteiger charge is 2.31. The predicted molar refractivity (Wildman–Crippen MR) is 56.2 cm³/mol. The largest absolute Gasteiger partial charge is 0.354 e. The Hall–Kier alpha value is -1.51. The number of fused-ring (bicyclic) bond motifs is 1. The summed E-state index contributed by atoms with van der Waals surface area (Å²) in [6.45, 7) is 3.01. The molecule has 2 heterocycles. The maximum atomic E-state index is 4.49. The van der Waals surface area contributed by atoms with E-state index in [2.05, 4.69) is 45.5 Å². The van der Waals surface area contributed by atoms with E-state index in [0.29, 0.717) is 6.04 Å². The highest BCUT2D eigenvalue weighted by molar-refractivity contribution is 5.84. The van der Waals surface area contributed by atoms with Crippen LogP contribution < -0.4 is 5.32 Å². The van der Waals surface area contributed by atoms with Gasteiger partial charge in [-0.25, -0.2) is 0 Å². The minimum absolute atomic E-state index is 0.459. The first-order valence-corrected chi connectivity index (χ1v) is 5.05. The molecular weight excluding hydrogens is 174 g/mol. The molecule has 0 saturated carbocycles. The lowest BCUT2D eigenvalue weighted by Gasteiger charge is -2.21. The highest BCUT2D eigenvalue weighted by atomic mass is 15.4. The van der Waals surface area contributed by atoms with Crippen LogP contribution in [0.2, 0.25) is 0 Å². The quantitative estimate of drug-likeness (QED) is 0.710. The van der Waals surface area contributed by atoms with E-state index in [1.165, 1.54) is 5.56 Å². The summed E-state index contributed by atoms with van der Waals surface area (Å²) >= 11 is 0. The van der Waals surface area contributed by atoms with E-state index < -0.39 is 0 Å². The zero-order valence-corrected chi connectivity index (χ0v) is 7.98. The molecule has 2 aliphatic heterocycles. The third kappa shape index (κ3) is 1.09. The summed E-state index contributed by atoms with van der Waals surface area (Å²) in [6, 6.07) is 11.1. The molecule has 72 valence electrons. The Kier molecular flexibility index (Phi) is 1.69. The van der Waals surface area contributed by atoms with E-state index in [9.17, 15) is 0 Å². The molecule has 3 heteroatoms. The van der Waals surface area contributed by atoms with Gasteiger partial charge in [-0.1, -0.05) is 30.3 Å². The molecule has 0 spiro atoms. The van der Waals surface area contributed by atoms with Crippen LogP contribution in [-0.2, 0) is 0 Å². The molecule has 14 heavy (non-hydrogen) atoms. The van der Waals surface area contributed by atoms with Gasteiger partial charge in [0.1, 0.15) is 0 Å². The number of rotatable bonds is 1. The van der Waals surface area contributed by atoms with Gasteiger partial charge in [0, 0.05) is 13.1 Å². The van der Waals surface area contributed by atoms with Crippen LogP contribution in [0.3, 0.4) is 0 Å². The van der Waals surface area contributed by atoms with Crippen molar-refractivity contribution in [2.75, 3.05) is 19.6 Å². The highest BCUT2D eigenvalue weighted by Crippen LogP contribution is 2.26. The molecule has 1 aromatic rings. The first kappa shape index (κ1) is 7.85. The van der Waals surface area contributed by atoms with Crippen LogP contribution in [0, 0.1) is 0 Å². The Morgan fingerprint density at radius 2 is 2.14 bits per heavy atom. The predicted octanol–water partition coefficient (Wildman–Crippen LogP) is 1.00. The lowest BCUT2D eigenvalue weighted by molar-refractivity contribution is 0.381. The van der Waals surface area contributed by atoms with Crippen LogP contribution >= 0.6 is 0 Å². The molecule has 1 N–H and O–H groups in total. The summed E-state index contributed by atoms with van der Waals surface area (Å²) in [7, 11) is 0. The number of guanidine groups is 1. The first-order chi connectivity index (χ1) is 6.95. The van der Waals surface area contributed by atoms with Crippen molar-refractivity contribution in [1.29, 1.82) is 0 Å². The molecule has 3 nitrogen and oxygen atoms in total. The second kappa shape index (κ2) is 3.01. The Balaban J connectivity index is 1.89. The van der Waals surface area contributed by atoms with E-state index in [-0.39, 0.29) is 0 Å². The first-order valence-electron chi connectivity index (χ1n) is 5.05. The van der Waals surface area contributed by atoms with Crippen molar-refractivity contribution in [3.63, 3.8) is 0 Å². The van der Waals surface area contributed by atoms with Gasteiger partial charge < -0.3 is 10.2 Å². The van der Waals surface area contributed by atoms with Crippen LogP contribution in [0.25, 0.3) is 0 Å². The summed E-state index contributed by atoms with van der Waals surface area (Å²) in [4.78, 5) is 6.84. The molecule has 1 aromatic carbocycles. The minimum Gasteiger partial charge on any atom is -0.354 e. The molecule has 0 unspecified atom stereocenters. The van der Waals surface area contributed by atoms with Crippen molar-refractivity contribution in [3.8, 4) is 0 Å². The Bertz CT molecular complexity index is 358. The fraction of sp³-hybridized carbons (Fsp3) is 0.364. The maximum Gasteiger partial charge on any atom is 0.194 e. The Morgan fingerprint density at radius 1 is 1.29 bits per heavy atom. The van der Waals surface area contributed by atoms with Gasteiger partial charge >= 0.3 is 0 Å². The van der Waals surface area contributed by atoms with Gasteiger partial charge in [-0.2, -0.15) is 0 Å². The van der Waals surface area contributed by atoms with Crippen molar-refractivity contribution < 1.29 is 0 Å². The molecule has 1 fully saturated rings. The molecule has 0 aliphatic carbocycles. The SMILES string of the molecule is c1ccc([C@@H]2CN=C3NCCN32)cc1. The van der Waals surface area contributed by atoms with Crippen molar-refractivity contribution >= 4 is 5.96 Å². The monoisotopic (exact) mass is 187 g/mol. The molecule has 2 aliphatic rings. The van der Waals surface area contributed by atoms with Crippen LogP contribution in [0.1, 0.15) is 11.6 Å². The second-order valence-electron chi connectivity index (χ2n) is 3.71. The average molecular weight is 187 g/mol. The van der Waals surface area contributed by atoms with E-state index >= 15 is 0 Å². The van der Waals surface area contributed by atoms with E-state index in [1.54, 1.807) is 0 Å². The fourth-order valence-corrected chi connectivity index (χ4v) is 2.18.